The number of thioether (sulfide) groups is 1. The summed E-state index contributed by atoms with van der Waals surface area (Å²) in [4.78, 5) is 33.6. The minimum Gasteiger partial charge on any atom is -0.465 e. The molecule has 0 fully saturated rings. The highest BCUT2D eigenvalue weighted by Gasteiger charge is 2.31. The molecule has 2 aromatic heterocycles. The molecular formula is C25H21F3N6O4S. The van der Waals surface area contributed by atoms with E-state index in [2.05, 4.69) is 35.1 Å². The van der Waals surface area contributed by atoms with Crippen LogP contribution in [0.2, 0.25) is 0 Å². The van der Waals surface area contributed by atoms with Crippen LogP contribution in [-0.4, -0.2) is 50.3 Å². The first kappa shape index (κ1) is 27.6. The second kappa shape index (κ2) is 11.5. The summed E-state index contributed by atoms with van der Waals surface area (Å²) in [5, 5.41) is 11.3. The Kier molecular flexibility index (Phi) is 8.14. The Morgan fingerprint density at radius 2 is 1.64 bits per heavy atom. The van der Waals surface area contributed by atoms with Crippen LogP contribution in [0.1, 0.15) is 37.9 Å². The van der Waals surface area contributed by atoms with E-state index in [-0.39, 0.29) is 11.4 Å². The van der Waals surface area contributed by atoms with Crippen molar-refractivity contribution < 1.29 is 32.2 Å². The zero-order valence-electron chi connectivity index (χ0n) is 20.8. The van der Waals surface area contributed by atoms with Crippen LogP contribution in [-0.2, 0) is 10.5 Å². The summed E-state index contributed by atoms with van der Waals surface area (Å²) in [5.41, 5.74) is 2.94. The molecule has 14 heteroatoms. The number of amides is 1. The number of halogens is 3. The standard InChI is InChI=1S/C25H21F3N6O4S/c1-14-12-15(2)30-24(29-14)39-13-20-21(22(35)31-17-6-4-16(5-7-17)23(36)37-3)32-33-34(20)18-8-10-19(11-9-18)38-25(26,27)28/h4-12H,13H2,1-3H3,(H,31,35). The monoisotopic (exact) mass is 558 g/mol. The number of ether oxygens (including phenoxy) is 2. The summed E-state index contributed by atoms with van der Waals surface area (Å²) in [6.45, 7) is 3.67. The van der Waals surface area contributed by atoms with E-state index < -0.39 is 24.0 Å². The molecule has 0 aliphatic heterocycles. The summed E-state index contributed by atoms with van der Waals surface area (Å²) in [7, 11) is 1.26. The lowest BCUT2D eigenvalue weighted by Crippen LogP contribution is -2.17. The molecule has 0 radical (unpaired) electrons. The van der Waals surface area contributed by atoms with E-state index >= 15 is 0 Å². The molecule has 2 heterocycles. The third kappa shape index (κ3) is 7.10. The van der Waals surface area contributed by atoms with E-state index in [9.17, 15) is 22.8 Å². The SMILES string of the molecule is COC(=O)c1ccc(NC(=O)c2nnn(-c3ccc(OC(F)(F)F)cc3)c2CSc2nc(C)cc(C)n2)cc1. The fourth-order valence-electron chi connectivity index (χ4n) is 3.49. The van der Waals surface area contributed by atoms with E-state index in [1.54, 1.807) is 0 Å². The van der Waals surface area contributed by atoms with Gasteiger partial charge in [0.25, 0.3) is 5.91 Å². The van der Waals surface area contributed by atoms with Crippen LogP contribution in [0.3, 0.4) is 0 Å². The number of rotatable bonds is 8. The van der Waals surface area contributed by atoms with E-state index in [1.165, 1.54) is 60.0 Å². The van der Waals surface area contributed by atoms with Gasteiger partial charge in [-0.2, -0.15) is 0 Å². The molecule has 0 spiro atoms. The topological polar surface area (TPSA) is 121 Å². The van der Waals surface area contributed by atoms with Gasteiger partial charge in [0.1, 0.15) is 5.75 Å². The highest BCUT2D eigenvalue weighted by atomic mass is 32.2. The number of carbonyl (C=O) groups excluding carboxylic acids is 2. The smallest absolute Gasteiger partial charge is 0.465 e. The van der Waals surface area contributed by atoms with Crippen LogP contribution in [0.15, 0.2) is 59.8 Å². The first-order valence-corrected chi connectivity index (χ1v) is 12.3. The van der Waals surface area contributed by atoms with Gasteiger partial charge in [-0.25, -0.2) is 19.4 Å². The van der Waals surface area contributed by atoms with Crippen molar-refractivity contribution in [1.82, 2.24) is 25.0 Å². The minimum absolute atomic E-state index is 0.0143. The molecule has 10 nitrogen and oxygen atoms in total. The number of benzene rings is 2. The molecule has 0 atom stereocenters. The van der Waals surface area contributed by atoms with Gasteiger partial charge in [-0.05, 0) is 68.4 Å². The van der Waals surface area contributed by atoms with Crippen molar-refractivity contribution in [1.29, 1.82) is 0 Å². The summed E-state index contributed by atoms with van der Waals surface area (Å²) in [6, 6.07) is 12.9. The number of hydrogen-bond donors (Lipinski definition) is 1. The van der Waals surface area contributed by atoms with Crippen molar-refractivity contribution in [3.63, 3.8) is 0 Å². The van der Waals surface area contributed by atoms with E-state index in [1.807, 2.05) is 19.9 Å². The zero-order valence-corrected chi connectivity index (χ0v) is 21.6. The molecule has 0 aliphatic rings. The molecule has 39 heavy (non-hydrogen) atoms. The number of hydrogen-bond acceptors (Lipinski definition) is 9. The Bertz CT molecular complexity index is 1470. The number of aryl methyl sites for hydroxylation is 2. The Labute approximate surface area is 224 Å². The number of carbonyl (C=O) groups is 2. The molecule has 0 bridgehead atoms. The zero-order chi connectivity index (χ0) is 28.2. The molecule has 4 rings (SSSR count). The predicted molar refractivity (Wildman–Crippen MR) is 135 cm³/mol. The summed E-state index contributed by atoms with van der Waals surface area (Å²) < 4.78 is 47.7. The van der Waals surface area contributed by atoms with Gasteiger partial charge >= 0.3 is 12.3 Å². The second-order valence-electron chi connectivity index (χ2n) is 8.08. The van der Waals surface area contributed by atoms with Gasteiger partial charge in [0.05, 0.1) is 24.1 Å². The van der Waals surface area contributed by atoms with E-state index in [4.69, 9.17) is 0 Å². The summed E-state index contributed by atoms with van der Waals surface area (Å²) in [5.74, 6) is -1.34. The average molecular weight is 559 g/mol. The Morgan fingerprint density at radius 3 is 2.23 bits per heavy atom. The number of aromatic nitrogens is 5. The molecule has 0 aliphatic carbocycles. The van der Waals surface area contributed by atoms with Gasteiger partial charge in [-0.1, -0.05) is 17.0 Å². The van der Waals surface area contributed by atoms with Crippen LogP contribution in [0, 0.1) is 13.8 Å². The average Bonchev–Trinajstić information content (AvgIpc) is 3.30. The Balaban J connectivity index is 1.63. The number of anilines is 1. The van der Waals surface area contributed by atoms with Crippen LogP contribution < -0.4 is 10.1 Å². The van der Waals surface area contributed by atoms with Gasteiger partial charge in [0, 0.05) is 22.8 Å². The van der Waals surface area contributed by atoms with Crippen LogP contribution in [0.5, 0.6) is 5.75 Å². The number of nitrogens with zero attached hydrogens (tertiary/aromatic N) is 5. The molecule has 4 aromatic rings. The van der Waals surface area contributed by atoms with Crippen molar-refractivity contribution in [2.75, 3.05) is 12.4 Å². The number of methoxy groups -OCH3 is 1. The van der Waals surface area contributed by atoms with Crippen molar-refractivity contribution in [2.45, 2.75) is 31.1 Å². The van der Waals surface area contributed by atoms with Gasteiger partial charge < -0.3 is 14.8 Å². The molecule has 0 unspecified atom stereocenters. The maximum Gasteiger partial charge on any atom is 0.573 e. The molecule has 1 amide bonds. The highest BCUT2D eigenvalue weighted by molar-refractivity contribution is 7.98. The lowest BCUT2D eigenvalue weighted by Gasteiger charge is -2.11. The first-order chi connectivity index (χ1) is 18.5. The third-order valence-corrected chi connectivity index (χ3v) is 6.02. The van der Waals surface area contributed by atoms with Gasteiger partial charge in [0.15, 0.2) is 10.9 Å². The summed E-state index contributed by atoms with van der Waals surface area (Å²) >= 11 is 1.24. The van der Waals surface area contributed by atoms with Gasteiger partial charge in [0.2, 0.25) is 0 Å². The molecule has 202 valence electrons. The van der Waals surface area contributed by atoms with Gasteiger partial charge in [-0.3, -0.25) is 4.79 Å². The van der Waals surface area contributed by atoms with Crippen molar-refractivity contribution in [2.24, 2.45) is 0 Å². The van der Waals surface area contributed by atoms with E-state index in [0.29, 0.717) is 27.8 Å². The van der Waals surface area contributed by atoms with Crippen LogP contribution in [0.4, 0.5) is 18.9 Å². The fourth-order valence-corrected chi connectivity index (χ4v) is 4.43. The largest absolute Gasteiger partial charge is 0.573 e. The molecule has 2 aromatic carbocycles. The normalized spacial score (nSPS) is 11.2. The predicted octanol–water partition coefficient (Wildman–Crippen LogP) is 4.90. The van der Waals surface area contributed by atoms with Crippen LogP contribution >= 0.6 is 11.8 Å². The Morgan fingerprint density at radius 1 is 1.00 bits per heavy atom. The second-order valence-corrected chi connectivity index (χ2v) is 9.03. The Hall–Kier alpha value is -4.46. The number of alkyl halides is 3. The fraction of sp³-hybridized carbons (Fsp3) is 0.200. The molecular weight excluding hydrogens is 537 g/mol. The van der Waals surface area contributed by atoms with Crippen LogP contribution in [0.25, 0.3) is 5.69 Å². The molecule has 0 saturated heterocycles. The molecule has 1 N–H and O–H groups in total. The lowest BCUT2D eigenvalue weighted by atomic mass is 10.2. The maximum atomic E-state index is 13.2. The molecule has 0 saturated carbocycles. The minimum atomic E-state index is -4.83. The summed E-state index contributed by atoms with van der Waals surface area (Å²) in [6.07, 6.45) is -4.83. The quantitative estimate of drug-likeness (QED) is 0.183. The van der Waals surface area contributed by atoms with Crippen molar-refractivity contribution >= 4 is 29.3 Å². The van der Waals surface area contributed by atoms with Crippen molar-refractivity contribution in [3.8, 4) is 11.4 Å². The highest BCUT2D eigenvalue weighted by Crippen LogP contribution is 2.27. The maximum absolute atomic E-state index is 13.2. The number of nitrogens with one attached hydrogen (secondary N) is 1. The van der Waals surface area contributed by atoms with Gasteiger partial charge in [-0.15, -0.1) is 18.3 Å². The van der Waals surface area contributed by atoms with E-state index in [0.717, 1.165) is 23.5 Å². The van der Waals surface area contributed by atoms with Crippen molar-refractivity contribution in [3.05, 3.63) is 82.9 Å². The first-order valence-electron chi connectivity index (χ1n) is 11.3. The third-order valence-electron chi connectivity index (χ3n) is 5.16. The number of esters is 1. The lowest BCUT2D eigenvalue weighted by molar-refractivity contribution is -0.274.